The molecule has 16 heteroatoms. The van der Waals surface area contributed by atoms with E-state index in [1.54, 1.807) is 4.90 Å². The Morgan fingerprint density at radius 2 is 1.45 bits per heavy atom. The minimum absolute atomic E-state index is 0.0128. The number of ether oxygens (including phenoxy) is 3. The number of benzene rings is 2. The van der Waals surface area contributed by atoms with Gasteiger partial charge in [0.05, 0.1) is 51.3 Å². The van der Waals surface area contributed by atoms with Gasteiger partial charge in [0, 0.05) is 31.9 Å². The topological polar surface area (TPSA) is 183 Å². The smallest absolute Gasteiger partial charge is 0.409 e. The molecule has 0 saturated carbocycles. The monoisotopic (exact) mass is 880 g/mol. The van der Waals surface area contributed by atoms with Crippen LogP contribution in [0.5, 0.6) is 0 Å². The van der Waals surface area contributed by atoms with Crippen LogP contribution in [0.3, 0.4) is 0 Å². The van der Waals surface area contributed by atoms with Crippen LogP contribution < -0.4 is 16.0 Å². The van der Waals surface area contributed by atoms with E-state index in [0.29, 0.717) is 19.6 Å². The zero-order valence-electron chi connectivity index (χ0n) is 38.7. The molecule has 2 aromatic carbocycles. The van der Waals surface area contributed by atoms with Crippen LogP contribution >= 0.6 is 0 Å². The average molecular weight is 880 g/mol. The third-order valence-electron chi connectivity index (χ3n) is 13.8. The Balaban J connectivity index is 1.06. The fourth-order valence-electron chi connectivity index (χ4n) is 10.3. The number of likely N-dealkylation sites (tertiary alicyclic amines) is 2. The quantitative estimate of drug-likeness (QED) is 0.144. The second-order valence-corrected chi connectivity index (χ2v) is 18.5. The number of imidazole rings is 1. The molecule has 0 aliphatic carbocycles. The molecular formula is C48H65N9O7. The maximum absolute atomic E-state index is 13.6. The number of allylic oxidation sites excluding steroid dienone is 1. The lowest BCUT2D eigenvalue weighted by Crippen LogP contribution is -2.61. The largest absolute Gasteiger partial charge is 0.453 e. The van der Waals surface area contributed by atoms with Gasteiger partial charge in [-0.2, -0.15) is 0 Å². The second-order valence-electron chi connectivity index (χ2n) is 18.5. The number of hydrogen-bond acceptors (Lipinski definition) is 11. The number of rotatable bonds is 11. The Morgan fingerprint density at radius 3 is 2.05 bits per heavy atom. The van der Waals surface area contributed by atoms with Crippen LogP contribution in [-0.4, -0.2) is 126 Å². The van der Waals surface area contributed by atoms with Gasteiger partial charge < -0.3 is 44.9 Å². The molecule has 344 valence electrons. The van der Waals surface area contributed by atoms with E-state index in [-0.39, 0.29) is 47.4 Å². The summed E-state index contributed by atoms with van der Waals surface area (Å²) >= 11 is 0. The number of carbonyl (C=O) groups is 4. The highest BCUT2D eigenvalue weighted by atomic mass is 16.5. The second kappa shape index (κ2) is 19.1. The van der Waals surface area contributed by atoms with Crippen molar-refractivity contribution in [3.8, 4) is 22.4 Å². The summed E-state index contributed by atoms with van der Waals surface area (Å²) in [5.41, 5.74) is 5.16. The van der Waals surface area contributed by atoms with E-state index in [4.69, 9.17) is 24.2 Å². The van der Waals surface area contributed by atoms with E-state index in [0.717, 1.165) is 84.0 Å². The molecule has 4 aliphatic rings. The van der Waals surface area contributed by atoms with Gasteiger partial charge in [0.25, 0.3) is 0 Å². The number of piperidine rings is 1. The first kappa shape index (κ1) is 46.1. The number of carbonyl (C=O) groups excluding carboxylic acids is 4. The molecule has 64 heavy (non-hydrogen) atoms. The summed E-state index contributed by atoms with van der Waals surface area (Å²) in [6.07, 6.45) is 6.70. The van der Waals surface area contributed by atoms with Gasteiger partial charge >= 0.3 is 18.3 Å². The van der Waals surface area contributed by atoms with Crippen LogP contribution in [0.25, 0.3) is 28.1 Å². The molecule has 1 spiro atoms. The van der Waals surface area contributed by atoms with E-state index < -0.39 is 23.9 Å². The summed E-state index contributed by atoms with van der Waals surface area (Å²) < 4.78 is 14.9. The molecule has 5 atom stereocenters. The SMILES string of the molecule is C/C=C(\NC1=NC(C)([C@@H](NC(=O)OC)C(C)C)N2CC3(CCN(C(=O)OC)CC3)CC12)c1ccc(-c2ccc(-c3cnc([C@@H]4CCCN4C(=O)[C@@H](NC(=O)OC)C(C)C)[nH]3)cc2)cc1. The van der Waals surface area contributed by atoms with Gasteiger partial charge in [-0.15, -0.1) is 0 Å². The lowest BCUT2D eigenvalue weighted by atomic mass is 9.76. The maximum Gasteiger partial charge on any atom is 0.409 e. The Hall–Kier alpha value is -5.90. The normalized spacial score (nSPS) is 22.9. The summed E-state index contributed by atoms with van der Waals surface area (Å²) in [6.45, 7) is 14.8. The van der Waals surface area contributed by atoms with Crippen molar-refractivity contribution in [2.45, 2.75) is 103 Å². The van der Waals surface area contributed by atoms with Gasteiger partial charge in [0.15, 0.2) is 0 Å². The predicted octanol–water partition coefficient (Wildman–Crippen LogP) is 7.17. The number of aromatic nitrogens is 2. The number of alkyl carbamates (subject to hydrolysis) is 2. The number of methoxy groups -OCH3 is 3. The number of fused-ring (bicyclic) bond motifs is 1. The first-order chi connectivity index (χ1) is 30.6. The van der Waals surface area contributed by atoms with Crippen LogP contribution in [0.1, 0.15) is 91.1 Å². The number of amidine groups is 1. The lowest BCUT2D eigenvalue weighted by molar-refractivity contribution is -0.135. The summed E-state index contributed by atoms with van der Waals surface area (Å²) in [6, 6.07) is 15.6. The molecule has 7 rings (SSSR count). The molecule has 5 heterocycles. The molecular weight excluding hydrogens is 815 g/mol. The third kappa shape index (κ3) is 9.19. The molecule has 0 radical (unpaired) electrons. The Bertz CT molecular complexity index is 2230. The van der Waals surface area contributed by atoms with Crippen molar-refractivity contribution < 1.29 is 33.4 Å². The van der Waals surface area contributed by atoms with Crippen LogP contribution in [0.2, 0.25) is 0 Å². The van der Waals surface area contributed by atoms with E-state index in [1.165, 1.54) is 21.3 Å². The first-order valence-corrected chi connectivity index (χ1v) is 22.5. The minimum atomic E-state index is -0.748. The molecule has 0 bridgehead atoms. The summed E-state index contributed by atoms with van der Waals surface area (Å²) in [5, 5.41) is 9.57. The average Bonchev–Trinajstić information content (AvgIpc) is 4.11. The molecule has 1 aromatic heterocycles. The van der Waals surface area contributed by atoms with Crippen molar-refractivity contribution >= 4 is 35.7 Å². The van der Waals surface area contributed by atoms with E-state index in [9.17, 15) is 19.2 Å². The molecule has 3 saturated heterocycles. The molecule has 4 amide bonds. The molecule has 3 fully saturated rings. The van der Waals surface area contributed by atoms with Crippen LogP contribution in [0, 0.1) is 17.3 Å². The Morgan fingerprint density at radius 1 is 0.828 bits per heavy atom. The summed E-state index contributed by atoms with van der Waals surface area (Å²) in [5.74, 6) is 1.40. The standard InChI is InChI=1S/C48H65N9O7/c1-10-35(50-42-38-26-48(21-24-55(25-22-48)46(61)64-9)28-57(38)47(6,54-42)40(30(4)5)53-45(60)63-8)33-17-13-31(14-18-33)32-15-19-34(20-16-32)36-27-49-41(51-36)37-12-11-23-56(37)43(58)39(29(2)3)52-44(59)62-7/h10,13-20,27,29-30,37-40H,11-12,21-26,28H2,1-9H3,(H,49,51)(H,50,54)(H,52,59)(H,53,60)/b35-10-/t37-,38?,39-,40-,47?/m0/s1. The zero-order chi connectivity index (χ0) is 45.9. The molecule has 4 aliphatic heterocycles. The van der Waals surface area contributed by atoms with E-state index in [2.05, 4.69) is 101 Å². The Kier molecular flexibility index (Phi) is 13.7. The lowest BCUT2D eigenvalue weighted by Gasteiger charge is -2.43. The Labute approximate surface area is 376 Å². The number of H-pyrrole nitrogens is 1. The number of aliphatic imine (C=N–C) groups is 1. The summed E-state index contributed by atoms with van der Waals surface area (Å²) in [4.78, 5) is 70.3. The van der Waals surface area contributed by atoms with Gasteiger partial charge in [0.1, 0.15) is 23.4 Å². The summed E-state index contributed by atoms with van der Waals surface area (Å²) in [7, 11) is 4.10. The van der Waals surface area contributed by atoms with Crippen molar-refractivity contribution in [1.29, 1.82) is 0 Å². The zero-order valence-corrected chi connectivity index (χ0v) is 38.7. The van der Waals surface area contributed by atoms with E-state index in [1.807, 2.05) is 31.9 Å². The van der Waals surface area contributed by atoms with Gasteiger partial charge in [-0.05, 0) is 85.5 Å². The van der Waals surface area contributed by atoms with Crippen molar-refractivity contribution in [3.63, 3.8) is 0 Å². The number of hydrogen-bond donors (Lipinski definition) is 4. The highest BCUT2D eigenvalue weighted by Gasteiger charge is 2.59. The first-order valence-electron chi connectivity index (χ1n) is 22.5. The van der Waals surface area contributed by atoms with E-state index >= 15 is 0 Å². The third-order valence-corrected chi connectivity index (χ3v) is 13.8. The highest BCUT2D eigenvalue weighted by Crippen LogP contribution is 2.50. The van der Waals surface area contributed by atoms with Crippen molar-refractivity contribution in [2.24, 2.45) is 22.2 Å². The van der Waals surface area contributed by atoms with Crippen molar-refractivity contribution in [1.82, 2.24) is 40.6 Å². The molecule has 3 aromatic rings. The van der Waals surface area contributed by atoms with Crippen molar-refractivity contribution in [3.05, 3.63) is 72.2 Å². The maximum atomic E-state index is 13.6. The fourth-order valence-corrected chi connectivity index (χ4v) is 10.3. The van der Waals surface area contributed by atoms with Gasteiger partial charge in [-0.25, -0.2) is 24.4 Å². The molecule has 2 unspecified atom stereocenters. The van der Waals surface area contributed by atoms with Gasteiger partial charge in [-0.3, -0.25) is 9.69 Å². The number of nitrogens with zero attached hydrogens (tertiary/aromatic N) is 5. The highest BCUT2D eigenvalue weighted by molar-refractivity contribution is 5.97. The molecule has 16 nitrogen and oxygen atoms in total. The van der Waals surface area contributed by atoms with Crippen molar-refractivity contribution in [2.75, 3.05) is 47.5 Å². The minimum Gasteiger partial charge on any atom is -0.453 e. The number of aromatic amines is 1. The van der Waals surface area contributed by atoms with Crippen LogP contribution in [0.4, 0.5) is 14.4 Å². The van der Waals surface area contributed by atoms with Crippen LogP contribution in [-0.2, 0) is 19.0 Å². The number of amides is 4. The fraction of sp³-hybridized carbons (Fsp3) is 0.542. The van der Waals surface area contributed by atoms with Gasteiger partial charge in [0.2, 0.25) is 5.91 Å². The predicted molar refractivity (Wildman–Crippen MR) is 245 cm³/mol. The van der Waals surface area contributed by atoms with Crippen LogP contribution in [0.15, 0.2) is 65.8 Å². The van der Waals surface area contributed by atoms with Gasteiger partial charge in [-0.1, -0.05) is 82.3 Å². The molecule has 4 N–H and O–H groups in total. The number of nitrogens with one attached hydrogen (secondary N) is 4.